The van der Waals surface area contributed by atoms with E-state index < -0.39 is 0 Å². The van der Waals surface area contributed by atoms with Gasteiger partial charge in [0.05, 0.1) is 12.7 Å². The molecule has 6 heteroatoms. The van der Waals surface area contributed by atoms with Crippen LogP contribution in [0.1, 0.15) is 38.2 Å². The van der Waals surface area contributed by atoms with Crippen molar-refractivity contribution in [1.82, 2.24) is 10.6 Å². The van der Waals surface area contributed by atoms with Crippen molar-refractivity contribution in [3.05, 3.63) is 35.6 Å². The number of benzene rings is 1. The van der Waals surface area contributed by atoms with E-state index in [1.54, 1.807) is 12.1 Å². The monoisotopic (exact) mass is 365 g/mol. The molecule has 1 unspecified atom stereocenters. The molecule has 1 aromatic carbocycles. The van der Waals surface area contributed by atoms with Crippen LogP contribution in [0.15, 0.2) is 29.3 Å². The van der Waals surface area contributed by atoms with Crippen LogP contribution in [0, 0.1) is 5.82 Å². The molecule has 0 saturated carbocycles. The molecule has 2 rings (SSSR count). The van der Waals surface area contributed by atoms with E-state index in [4.69, 9.17) is 9.47 Å². The first kappa shape index (κ1) is 20.6. The lowest BCUT2D eigenvalue weighted by Crippen LogP contribution is -2.38. The van der Waals surface area contributed by atoms with E-state index >= 15 is 0 Å². The number of halogens is 1. The molecule has 0 aromatic heterocycles. The van der Waals surface area contributed by atoms with E-state index in [1.165, 1.54) is 6.07 Å². The van der Waals surface area contributed by atoms with E-state index in [0.29, 0.717) is 19.3 Å². The van der Waals surface area contributed by atoms with Crippen molar-refractivity contribution in [3.63, 3.8) is 0 Å². The molecule has 1 atom stereocenters. The first-order valence-electron chi connectivity index (χ1n) is 9.74. The predicted molar refractivity (Wildman–Crippen MR) is 103 cm³/mol. The Morgan fingerprint density at radius 3 is 3.04 bits per heavy atom. The molecule has 1 saturated heterocycles. The minimum atomic E-state index is -0.178. The number of nitrogens with zero attached hydrogens (tertiary/aromatic N) is 1. The highest BCUT2D eigenvalue weighted by Gasteiger charge is 2.14. The summed E-state index contributed by atoms with van der Waals surface area (Å²) in [6.07, 6.45) is 5.21. The number of aryl methyl sites for hydroxylation is 1. The Morgan fingerprint density at radius 2 is 2.27 bits per heavy atom. The van der Waals surface area contributed by atoms with Crippen molar-refractivity contribution in [2.45, 2.75) is 45.1 Å². The zero-order valence-corrected chi connectivity index (χ0v) is 15.8. The van der Waals surface area contributed by atoms with Crippen molar-refractivity contribution >= 4 is 5.96 Å². The normalized spacial score (nSPS) is 17.5. The fourth-order valence-corrected chi connectivity index (χ4v) is 2.88. The van der Waals surface area contributed by atoms with Gasteiger partial charge in [-0.2, -0.15) is 0 Å². The van der Waals surface area contributed by atoms with Crippen LogP contribution < -0.4 is 10.6 Å². The van der Waals surface area contributed by atoms with Gasteiger partial charge in [-0.15, -0.1) is 0 Å². The fraction of sp³-hybridized carbons (Fsp3) is 0.650. The number of nitrogens with one attached hydrogen (secondary N) is 2. The van der Waals surface area contributed by atoms with Gasteiger partial charge in [0.2, 0.25) is 0 Å². The third kappa shape index (κ3) is 8.63. The van der Waals surface area contributed by atoms with Crippen LogP contribution in [0.2, 0.25) is 0 Å². The third-order valence-electron chi connectivity index (χ3n) is 4.21. The highest BCUT2D eigenvalue weighted by atomic mass is 19.1. The van der Waals surface area contributed by atoms with Crippen molar-refractivity contribution in [2.24, 2.45) is 4.99 Å². The summed E-state index contributed by atoms with van der Waals surface area (Å²) >= 11 is 0. The number of hydrogen-bond donors (Lipinski definition) is 2. The Labute approximate surface area is 156 Å². The molecule has 1 heterocycles. The second-order valence-corrected chi connectivity index (χ2v) is 6.48. The molecule has 1 fully saturated rings. The Morgan fingerprint density at radius 1 is 1.35 bits per heavy atom. The summed E-state index contributed by atoms with van der Waals surface area (Å²) in [4.78, 5) is 4.57. The third-order valence-corrected chi connectivity index (χ3v) is 4.21. The van der Waals surface area contributed by atoms with Gasteiger partial charge >= 0.3 is 0 Å². The Kier molecular flexibility index (Phi) is 10.1. The summed E-state index contributed by atoms with van der Waals surface area (Å²) in [5.41, 5.74) is 1.02. The second-order valence-electron chi connectivity index (χ2n) is 6.48. The molecule has 2 N–H and O–H groups in total. The summed E-state index contributed by atoms with van der Waals surface area (Å²) in [6.45, 7) is 6.71. The largest absolute Gasteiger partial charge is 0.379 e. The minimum Gasteiger partial charge on any atom is -0.379 e. The van der Waals surface area contributed by atoms with Gasteiger partial charge in [-0.05, 0) is 56.7 Å². The molecular weight excluding hydrogens is 333 g/mol. The SMILES string of the molecule is CCNC(=NCCCc1cccc(F)c1)NCCCOCC1CCCO1. The molecule has 26 heavy (non-hydrogen) atoms. The van der Waals surface area contributed by atoms with Crippen LogP contribution in [0.4, 0.5) is 4.39 Å². The molecule has 0 bridgehead atoms. The lowest BCUT2D eigenvalue weighted by molar-refractivity contribution is 0.0168. The Hall–Kier alpha value is -1.66. The van der Waals surface area contributed by atoms with E-state index in [0.717, 1.165) is 69.9 Å². The first-order chi connectivity index (χ1) is 12.8. The quantitative estimate of drug-likeness (QED) is 0.360. The average Bonchev–Trinajstić information content (AvgIpc) is 3.15. The number of guanidine groups is 1. The van der Waals surface area contributed by atoms with Crippen LogP contribution >= 0.6 is 0 Å². The molecule has 0 spiro atoms. The zero-order valence-electron chi connectivity index (χ0n) is 15.8. The first-order valence-corrected chi connectivity index (χ1v) is 9.74. The highest BCUT2D eigenvalue weighted by molar-refractivity contribution is 5.79. The number of ether oxygens (including phenoxy) is 2. The molecule has 1 aliphatic heterocycles. The van der Waals surface area contributed by atoms with Crippen LogP contribution in [0.5, 0.6) is 0 Å². The molecule has 0 radical (unpaired) electrons. The number of aliphatic imine (C=N–C) groups is 1. The molecule has 146 valence electrons. The smallest absolute Gasteiger partial charge is 0.191 e. The molecule has 1 aliphatic rings. The van der Waals surface area contributed by atoms with Crippen LogP contribution in [-0.4, -0.2) is 51.5 Å². The van der Waals surface area contributed by atoms with Gasteiger partial charge in [0.15, 0.2) is 5.96 Å². The van der Waals surface area contributed by atoms with Gasteiger partial charge in [0.1, 0.15) is 5.82 Å². The van der Waals surface area contributed by atoms with Gasteiger partial charge in [0.25, 0.3) is 0 Å². The number of rotatable bonds is 11. The van der Waals surface area contributed by atoms with Crippen LogP contribution in [0.3, 0.4) is 0 Å². The summed E-state index contributed by atoms with van der Waals surface area (Å²) in [7, 11) is 0. The molecule has 5 nitrogen and oxygen atoms in total. The van der Waals surface area contributed by atoms with Crippen molar-refractivity contribution in [2.75, 3.05) is 39.5 Å². The molecular formula is C20H32FN3O2. The Balaban J connectivity index is 1.56. The van der Waals surface area contributed by atoms with Gasteiger partial charge in [-0.25, -0.2) is 4.39 Å². The van der Waals surface area contributed by atoms with Gasteiger partial charge in [-0.3, -0.25) is 4.99 Å². The maximum atomic E-state index is 13.2. The zero-order chi connectivity index (χ0) is 18.5. The van der Waals surface area contributed by atoms with Crippen LogP contribution in [-0.2, 0) is 15.9 Å². The maximum Gasteiger partial charge on any atom is 0.191 e. The van der Waals surface area contributed by atoms with E-state index in [9.17, 15) is 4.39 Å². The highest BCUT2D eigenvalue weighted by Crippen LogP contribution is 2.11. The van der Waals surface area contributed by atoms with E-state index in [-0.39, 0.29) is 5.82 Å². The van der Waals surface area contributed by atoms with Crippen molar-refractivity contribution in [1.29, 1.82) is 0 Å². The maximum absolute atomic E-state index is 13.2. The second kappa shape index (κ2) is 12.7. The van der Waals surface area contributed by atoms with E-state index in [2.05, 4.69) is 22.5 Å². The summed E-state index contributed by atoms with van der Waals surface area (Å²) in [5, 5.41) is 6.57. The predicted octanol–water partition coefficient (Wildman–Crippen LogP) is 2.90. The average molecular weight is 365 g/mol. The summed E-state index contributed by atoms with van der Waals surface area (Å²) < 4.78 is 24.3. The standard InChI is InChI=1S/C20H32FN3O2/c1-2-22-20(23-11-4-8-17-7-3-9-18(21)15-17)24-12-6-13-25-16-19-10-5-14-26-19/h3,7,9,15,19H,2,4-6,8,10-14,16H2,1H3,(H2,22,23,24). The lowest BCUT2D eigenvalue weighted by atomic mass is 10.1. The summed E-state index contributed by atoms with van der Waals surface area (Å²) in [6, 6.07) is 6.76. The lowest BCUT2D eigenvalue weighted by Gasteiger charge is -2.12. The minimum absolute atomic E-state index is 0.178. The van der Waals surface area contributed by atoms with E-state index in [1.807, 2.05) is 6.07 Å². The topological polar surface area (TPSA) is 54.9 Å². The molecule has 1 aromatic rings. The fourth-order valence-electron chi connectivity index (χ4n) is 2.88. The van der Waals surface area contributed by atoms with Gasteiger partial charge in [0, 0.05) is 32.8 Å². The Bertz CT molecular complexity index is 534. The van der Waals surface area contributed by atoms with Crippen molar-refractivity contribution in [3.8, 4) is 0 Å². The van der Waals surface area contributed by atoms with Crippen LogP contribution in [0.25, 0.3) is 0 Å². The van der Waals surface area contributed by atoms with Gasteiger partial charge < -0.3 is 20.1 Å². The molecule has 0 amide bonds. The number of hydrogen-bond acceptors (Lipinski definition) is 3. The summed E-state index contributed by atoms with van der Waals surface area (Å²) in [5.74, 6) is 0.647. The van der Waals surface area contributed by atoms with Crippen molar-refractivity contribution < 1.29 is 13.9 Å². The molecule has 0 aliphatic carbocycles. The van der Waals surface area contributed by atoms with Gasteiger partial charge in [-0.1, -0.05) is 12.1 Å².